The van der Waals surface area contributed by atoms with Crippen LogP contribution in [0, 0.1) is 0 Å². The molecule has 1 atom stereocenters. The number of nitrogens with zero attached hydrogens (tertiary/aromatic N) is 2. The highest BCUT2D eigenvalue weighted by Gasteiger charge is 2.31. The van der Waals surface area contributed by atoms with Crippen molar-refractivity contribution in [3.8, 4) is 0 Å². The minimum atomic E-state index is 0.0992. The SMILES string of the molecule is CC(C)N1CCCC1C(=O)NCCN(C)C. The van der Waals surface area contributed by atoms with Gasteiger partial charge in [0.1, 0.15) is 0 Å². The van der Waals surface area contributed by atoms with Gasteiger partial charge in [-0.25, -0.2) is 0 Å². The molecule has 16 heavy (non-hydrogen) atoms. The highest BCUT2D eigenvalue weighted by Crippen LogP contribution is 2.19. The van der Waals surface area contributed by atoms with Crippen molar-refractivity contribution in [3.63, 3.8) is 0 Å². The Kier molecular flexibility index (Phi) is 5.22. The fourth-order valence-electron chi connectivity index (χ4n) is 2.21. The number of likely N-dealkylation sites (tertiary alicyclic amines) is 1. The lowest BCUT2D eigenvalue weighted by Crippen LogP contribution is -2.47. The third-order valence-electron chi connectivity index (χ3n) is 3.12. The van der Waals surface area contributed by atoms with Gasteiger partial charge in [0.2, 0.25) is 5.91 Å². The molecule has 94 valence electrons. The molecule has 1 fully saturated rings. The van der Waals surface area contributed by atoms with Gasteiger partial charge in [-0.2, -0.15) is 0 Å². The minimum absolute atomic E-state index is 0.0992. The first-order valence-corrected chi connectivity index (χ1v) is 6.20. The van der Waals surface area contributed by atoms with Gasteiger partial charge in [-0.1, -0.05) is 0 Å². The molecule has 4 nitrogen and oxygen atoms in total. The van der Waals surface area contributed by atoms with E-state index in [-0.39, 0.29) is 11.9 Å². The number of carbonyl (C=O) groups excluding carboxylic acids is 1. The molecule has 1 heterocycles. The van der Waals surface area contributed by atoms with Gasteiger partial charge in [0.05, 0.1) is 6.04 Å². The Morgan fingerprint density at radius 1 is 1.50 bits per heavy atom. The topological polar surface area (TPSA) is 35.6 Å². The molecule has 0 aromatic heterocycles. The van der Waals surface area contributed by atoms with Crippen molar-refractivity contribution in [2.45, 2.75) is 38.8 Å². The molecule has 0 aliphatic carbocycles. The van der Waals surface area contributed by atoms with E-state index >= 15 is 0 Å². The largest absolute Gasteiger partial charge is 0.353 e. The summed E-state index contributed by atoms with van der Waals surface area (Å²) in [5, 5.41) is 3.02. The van der Waals surface area contributed by atoms with Crippen LogP contribution in [-0.2, 0) is 4.79 Å². The Labute approximate surface area is 99.0 Å². The number of hydrogen-bond acceptors (Lipinski definition) is 3. The number of rotatable bonds is 5. The molecule has 0 spiro atoms. The fourth-order valence-corrected chi connectivity index (χ4v) is 2.21. The van der Waals surface area contributed by atoms with Crippen LogP contribution in [0.5, 0.6) is 0 Å². The molecule has 1 unspecified atom stereocenters. The molecule has 0 radical (unpaired) electrons. The predicted octanol–water partition coefficient (Wildman–Crippen LogP) is 0.537. The molecule has 1 aliphatic rings. The molecular weight excluding hydrogens is 202 g/mol. The second-order valence-corrected chi connectivity index (χ2v) is 5.08. The van der Waals surface area contributed by atoms with Crippen LogP contribution in [0.15, 0.2) is 0 Å². The van der Waals surface area contributed by atoms with Crippen molar-refractivity contribution in [2.75, 3.05) is 33.7 Å². The van der Waals surface area contributed by atoms with E-state index in [1.165, 1.54) is 0 Å². The van der Waals surface area contributed by atoms with Crippen molar-refractivity contribution >= 4 is 5.91 Å². The number of nitrogens with one attached hydrogen (secondary N) is 1. The van der Waals surface area contributed by atoms with Crippen LogP contribution in [0.1, 0.15) is 26.7 Å². The maximum Gasteiger partial charge on any atom is 0.237 e. The zero-order chi connectivity index (χ0) is 12.1. The van der Waals surface area contributed by atoms with Gasteiger partial charge in [-0.3, -0.25) is 9.69 Å². The third kappa shape index (κ3) is 3.76. The quantitative estimate of drug-likeness (QED) is 0.744. The van der Waals surface area contributed by atoms with Crippen molar-refractivity contribution in [1.29, 1.82) is 0 Å². The van der Waals surface area contributed by atoms with Crippen LogP contribution in [0.4, 0.5) is 0 Å². The third-order valence-corrected chi connectivity index (χ3v) is 3.12. The van der Waals surface area contributed by atoms with E-state index in [9.17, 15) is 4.79 Å². The van der Waals surface area contributed by atoms with Crippen LogP contribution in [0.2, 0.25) is 0 Å². The summed E-state index contributed by atoms with van der Waals surface area (Å²) in [4.78, 5) is 16.3. The summed E-state index contributed by atoms with van der Waals surface area (Å²) in [6.45, 7) is 7.02. The fraction of sp³-hybridized carbons (Fsp3) is 0.917. The summed E-state index contributed by atoms with van der Waals surface area (Å²) in [6, 6.07) is 0.564. The number of amides is 1. The first kappa shape index (κ1) is 13.5. The normalized spacial score (nSPS) is 22.0. The van der Waals surface area contributed by atoms with Crippen molar-refractivity contribution in [1.82, 2.24) is 15.1 Å². The van der Waals surface area contributed by atoms with E-state index in [4.69, 9.17) is 0 Å². The van der Waals surface area contributed by atoms with Crippen LogP contribution >= 0.6 is 0 Å². The lowest BCUT2D eigenvalue weighted by atomic mass is 10.2. The predicted molar refractivity (Wildman–Crippen MR) is 66.4 cm³/mol. The summed E-state index contributed by atoms with van der Waals surface area (Å²) in [5.41, 5.74) is 0. The average molecular weight is 227 g/mol. The van der Waals surface area contributed by atoms with E-state index in [2.05, 4.69) is 29.0 Å². The second kappa shape index (κ2) is 6.21. The van der Waals surface area contributed by atoms with Gasteiger partial charge in [0.15, 0.2) is 0 Å². The van der Waals surface area contributed by atoms with E-state index in [1.54, 1.807) is 0 Å². The van der Waals surface area contributed by atoms with Crippen molar-refractivity contribution < 1.29 is 4.79 Å². The Hall–Kier alpha value is -0.610. The lowest BCUT2D eigenvalue weighted by molar-refractivity contribution is -0.126. The summed E-state index contributed by atoms with van der Waals surface area (Å²) in [5.74, 6) is 0.202. The Balaban J connectivity index is 2.35. The van der Waals surface area contributed by atoms with Gasteiger partial charge in [-0.15, -0.1) is 0 Å². The average Bonchev–Trinajstić information content (AvgIpc) is 2.65. The molecule has 0 saturated carbocycles. The summed E-state index contributed by atoms with van der Waals surface area (Å²) >= 11 is 0. The molecule has 0 aromatic rings. The Morgan fingerprint density at radius 3 is 2.75 bits per heavy atom. The van der Waals surface area contributed by atoms with E-state index in [0.29, 0.717) is 6.04 Å². The maximum absolute atomic E-state index is 12.0. The molecule has 1 aliphatic heterocycles. The molecular formula is C12H25N3O. The van der Waals surface area contributed by atoms with Gasteiger partial charge < -0.3 is 10.2 Å². The van der Waals surface area contributed by atoms with Crippen molar-refractivity contribution in [3.05, 3.63) is 0 Å². The van der Waals surface area contributed by atoms with Crippen LogP contribution in [0.25, 0.3) is 0 Å². The number of carbonyl (C=O) groups is 1. The van der Waals surface area contributed by atoms with Gasteiger partial charge in [-0.05, 0) is 47.3 Å². The molecule has 1 saturated heterocycles. The number of likely N-dealkylation sites (N-methyl/N-ethyl adjacent to an activating group) is 1. The molecule has 1 N–H and O–H groups in total. The van der Waals surface area contributed by atoms with Gasteiger partial charge in [0.25, 0.3) is 0 Å². The first-order chi connectivity index (χ1) is 7.52. The monoisotopic (exact) mass is 227 g/mol. The maximum atomic E-state index is 12.0. The summed E-state index contributed by atoms with van der Waals surface area (Å²) in [7, 11) is 4.03. The van der Waals surface area contributed by atoms with Gasteiger partial charge >= 0.3 is 0 Å². The van der Waals surface area contributed by atoms with E-state index < -0.39 is 0 Å². The van der Waals surface area contributed by atoms with Crippen LogP contribution < -0.4 is 5.32 Å². The van der Waals surface area contributed by atoms with Crippen LogP contribution in [-0.4, -0.2) is 61.5 Å². The summed E-state index contributed by atoms with van der Waals surface area (Å²) in [6.07, 6.45) is 2.15. The smallest absolute Gasteiger partial charge is 0.237 e. The van der Waals surface area contributed by atoms with E-state index in [1.807, 2.05) is 14.1 Å². The molecule has 1 rings (SSSR count). The standard InChI is InChI=1S/C12H25N3O/c1-10(2)15-8-5-6-11(15)12(16)13-7-9-14(3)4/h10-11H,5-9H2,1-4H3,(H,13,16). The van der Waals surface area contributed by atoms with Crippen molar-refractivity contribution in [2.24, 2.45) is 0 Å². The molecule has 0 aromatic carbocycles. The second-order valence-electron chi connectivity index (χ2n) is 5.08. The Bertz CT molecular complexity index is 228. The highest BCUT2D eigenvalue weighted by molar-refractivity contribution is 5.82. The van der Waals surface area contributed by atoms with Gasteiger partial charge in [0, 0.05) is 19.1 Å². The first-order valence-electron chi connectivity index (χ1n) is 6.20. The lowest BCUT2D eigenvalue weighted by Gasteiger charge is -2.27. The zero-order valence-corrected chi connectivity index (χ0v) is 11.0. The van der Waals surface area contributed by atoms with Crippen LogP contribution in [0.3, 0.4) is 0 Å². The Morgan fingerprint density at radius 2 is 2.19 bits per heavy atom. The minimum Gasteiger partial charge on any atom is -0.353 e. The van der Waals surface area contributed by atoms with E-state index in [0.717, 1.165) is 32.5 Å². The molecule has 1 amide bonds. The number of hydrogen-bond donors (Lipinski definition) is 1. The molecule has 4 heteroatoms. The highest BCUT2D eigenvalue weighted by atomic mass is 16.2. The zero-order valence-electron chi connectivity index (χ0n) is 11.0. The molecule has 0 bridgehead atoms. The summed E-state index contributed by atoms with van der Waals surface area (Å²) < 4.78 is 0.